The van der Waals surface area contributed by atoms with Crippen molar-refractivity contribution >= 4 is 5.69 Å². The predicted molar refractivity (Wildman–Crippen MR) is 79.0 cm³/mol. The van der Waals surface area contributed by atoms with E-state index >= 15 is 0 Å². The first kappa shape index (κ1) is 14.5. The largest absolute Gasteiger partial charge is 0.490 e. The van der Waals surface area contributed by atoms with Crippen LogP contribution in [0, 0.1) is 21.4 Å². The van der Waals surface area contributed by atoms with Crippen molar-refractivity contribution in [2.24, 2.45) is 0 Å². The molecule has 0 atom stereocenters. The molecule has 0 unspecified atom stereocenters. The molecule has 0 amide bonds. The summed E-state index contributed by atoms with van der Waals surface area (Å²) in [7, 11) is 0. The average molecular weight is 282 g/mol. The Morgan fingerprint density at radius 3 is 2.52 bits per heavy atom. The highest BCUT2D eigenvalue weighted by atomic mass is 16.6. The number of nitrogens with zero attached hydrogens (tertiary/aromatic N) is 2. The van der Waals surface area contributed by atoms with Crippen LogP contribution in [0.5, 0.6) is 5.75 Å². The molecule has 0 radical (unpaired) electrons. The summed E-state index contributed by atoms with van der Waals surface area (Å²) in [5, 5.41) is 19.9. The summed E-state index contributed by atoms with van der Waals surface area (Å²) in [6, 6.07) is 13.6. The minimum atomic E-state index is -0.432. The van der Waals surface area contributed by atoms with Gasteiger partial charge in [-0.15, -0.1) is 0 Å². The first-order valence-electron chi connectivity index (χ1n) is 6.47. The quantitative estimate of drug-likeness (QED) is 0.629. The molecule has 0 aliphatic heterocycles. The summed E-state index contributed by atoms with van der Waals surface area (Å²) in [5.41, 5.74) is 1.96. The molecular weight excluding hydrogens is 268 g/mol. The summed E-state index contributed by atoms with van der Waals surface area (Å²) >= 11 is 0. The molecule has 0 N–H and O–H groups in total. The van der Waals surface area contributed by atoms with Crippen LogP contribution in [-0.2, 0) is 0 Å². The maximum atomic E-state index is 10.8. The molecule has 5 heteroatoms. The minimum absolute atomic E-state index is 0.0307. The van der Waals surface area contributed by atoms with Crippen LogP contribution in [0.1, 0.15) is 19.4 Å². The van der Waals surface area contributed by atoms with Crippen molar-refractivity contribution in [2.45, 2.75) is 20.0 Å². The molecule has 0 heterocycles. The SMILES string of the molecule is CC(C)Oc1cc(-c2cccc([N+](=O)[O-])c2)ccc1C#N. The van der Waals surface area contributed by atoms with Crippen molar-refractivity contribution in [3.05, 3.63) is 58.1 Å². The molecule has 0 aromatic heterocycles. The lowest BCUT2D eigenvalue weighted by Crippen LogP contribution is -2.06. The fraction of sp³-hybridized carbons (Fsp3) is 0.188. The van der Waals surface area contributed by atoms with Crippen LogP contribution < -0.4 is 4.74 Å². The zero-order chi connectivity index (χ0) is 15.4. The molecule has 2 rings (SSSR count). The van der Waals surface area contributed by atoms with Gasteiger partial charge in [-0.3, -0.25) is 10.1 Å². The van der Waals surface area contributed by atoms with Crippen molar-refractivity contribution in [3.8, 4) is 22.9 Å². The first-order valence-corrected chi connectivity index (χ1v) is 6.47. The zero-order valence-electron chi connectivity index (χ0n) is 11.7. The fourth-order valence-corrected chi connectivity index (χ4v) is 1.94. The lowest BCUT2D eigenvalue weighted by Gasteiger charge is -2.12. The Morgan fingerprint density at radius 1 is 1.19 bits per heavy atom. The standard InChI is InChI=1S/C16H14N2O3/c1-11(2)21-16-9-13(6-7-14(16)10-17)12-4-3-5-15(8-12)18(19)20/h3-9,11H,1-2H3. The van der Waals surface area contributed by atoms with Crippen LogP contribution in [0.4, 0.5) is 5.69 Å². The fourth-order valence-electron chi connectivity index (χ4n) is 1.94. The van der Waals surface area contributed by atoms with Crippen LogP contribution in [0.3, 0.4) is 0 Å². The molecular formula is C16H14N2O3. The van der Waals surface area contributed by atoms with E-state index in [1.807, 2.05) is 13.8 Å². The molecule has 2 aromatic rings. The van der Waals surface area contributed by atoms with E-state index in [-0.39, 0.29) is 11.8 Å². The summed E-state index contributed by atoms with van der Waals surface area (Å²) in [6.45, 7) is 3.75. The number of benzene rings is 2. The average Bonchev–Trinajstić information content (AvgIpc) is 2.46. The van der Waals surface area contributed by atoms with E-state index in [1.54, 1.807) is 30.3 Å². The van der Waals surface area contributed by atoms with E-state index < -0.39 is 4.92 Å². The van der Waals surface area contributed by atoms with Gasteiger partial charge in [-0.1, -0.05) is 18.2 Å². The highest BCUT2D eigenvalue weighted by Gasteiger charge is 2.11. The number of nitriles is 1. The van der Waals surface area contributed by atoms with Crippen LogP contribution >= 0.6 is 0 Å². The van der Waals surface area contributed by atoms with Crippen LogP contribution in [0.25, 0.3) is 11.1 Å². The molecule has 21 heavy (non-hydrogen) atoms. The number of nitro benzene ring substituents is 1. The Balaban J connectivity index is 2.47. The van der Waals surface area contributed by atoms with Gasteiger partial charge in [0, 0.05) is 12.1 Å². The predicted octanol–water partition coefficient (Wildman–Crippen LogP) is 3.92. The molecule has 0 aliphatic rings. The molecule has 0 saturated heterocycles. The Kier molecular flexibility index (Phi) is 4.19. The molecule has 5 nitrogen and oxygen atoms in total. The van der Waals surface area contributed by atoms with E-state index in [4.69, 9.17) is 10.00 Å². The van der Waals surface area contributed by atoms with E-state index in [2.05, 4.69) is 6.07 Å². The summed E-state index contributed by atoms with van der Waals surface area (Å²) in [6.07, 6.45) is -0.0579. The second-order valence-electron chi connectivity index (χ2n) is 4.80. The third kappa shape index (κ3) is 3.37. The molecule has 0 spiro atoms. The lowest BCUT2D eigenvalue weighted by molar-refractivity contribution is -0.384. The van der Waals surface area contributed by atoms with Gasteiger partial charge in [0.05, 0.1) is 16.6 Å². The Morgan fingerprint density at radius 2 is 1.90 bits per heavy atom. The van der Waals surface area contributed by atoms with Gasteiger partial charge in [-0.2, -0.15) is 5.26 Å². The maximum Gasteiger partial charge on any atom is 0.270 e. The van der Waals surface area contributed by atoms with Gasteiger partial charge >= 0.3 is 0 Å². The van der Waals surface area contributed by atoms with E-state index in [1.165, 1.54) is 12.1 Å². The van der Waals surface area contributed by atoms with Gasteiger partial charge in [0.1, 0.15) is 11.8 Å². The van der Waals surface area contributed by atoms with E-state index in [9.17, 15) is 10.1 Å². The summed E-state index contributed by atoms with van der Waals surface area (Å²) in [4.78, 5) is 10.4. The minimum Gasteiger partial charge on any atom is -0.490 e. The van der Waals surface area contributed by atoms with Gasteiger partial charge < -0.3 is 4.74 Å². The second-order valence-corrected chi connectivity index (χ2v) is 4.80. The topological polar surface area (TPSA) is 76.2 Å². The van der Waals surface area contributed by atoms with Gasteiger partial charge in [0.15, 0.2) is 0 Å². The van der Waals surface area contributed by atoms with Crippen molar-refractivity contribution in [1.82, 2.24) is 0 Å². The highest BCUT2D eigenvalue weighted by Crippen LogP contribution is 2.29. The highest BCUT2D eigenvalue weighted by molar-refractivity contribution is 5.69. The molecule has 0 bridgehead atoms. The smallest absolute Gasteiger partial charge is 0.270 e. The molecule has 2 aromatic carbocycles. The van der Waals surface area contributed by atoms with Crippen LogP contribution in [-0.4, -0.2) is 11.0 Å². The Bertz CT molecular complexity index is 718. The van der Waals surface area contributed by atoms with Crippen LogP contribution in [0.2, 0.25) is 0 Å². The third-order valence-electron chi connectivity index (χ3n) is 2.86. The Hall–Kier alpha value is -2.87. The second kappa shape index (κ2) is 6.06. The lowest BCUT2D eigenvalue weighted by atomic mass is 10.0. The van der Waals surface area contributed by atoms with Gasteiger partial charge in [-0.05, 0) is 37.1 Å². The van der Waals surface area contributed by atoms with E-state index in [0.717, 1.165) is 5.56 Å². The molecule has 106 valence electrons. The Labute approximate surface area is 122 Å². The van der Waals surface area contributed by atoms with Gasteiger partial charge in [-0.25, -0.2) is 0 Å². The van der Waals surface area contributed by atoms with E-state index in [0.29, 0.717) is 16.9 Å². The molecule has 0 aliphatic carbocycles. The van der Waals surface area contributed by atoms with Gasteiger partial charge in [0.25, 0.3) is 5.69 Å². The number of non-ortho nitro benzene ring substituents is 1. The maximum absolute atomic E-state index is 10.8. The van der Waals surface area contributed by atoms with Crippen molar-refractivity contribution < 1.29 is 9.66 Å². The number of rotatable bonds is 4. The van der Waals surface area contributed by atoms with Crippen molar-refractivity contribution in [1.29, 1.82) is 5.26 Å². The van der Waals surface area contributed by atoms with Crippen molar-refractivity contribution in [3.63, 3.8) is 0 Å². The first-order chi connectivity index (χ1) is 10.0. The zero-order valence-corrected chi connectivity index (χ0v) is 11.7. The number of ether oxygens (including phenoxy) is 1. The third-order valence-corrected chi connectivity index (χ3v) is 2.86. The van der Waals surface area contributed by atoms with Gasteiger partial charge in [0.2, 0.25) is 0 Å². The summed E-state index contributed by atoms with van der Waals surface area (Å²) in [5.74, 6) is 0.483. The normalized spacial score (nSPS) is 10.2. The molecule has 0 fully saturated rings. The summed E-state index contributed by atoms with van der Waals surface area (Å²) < 4.78 is 5.62. The van der Waals surface area contributed by atoms with Crippen LogP contribution in [0.15, 0.2) is 42.5 Å². The monoisotopic (exact) mass is 282 g/mol. The number of hydrogen-bond acceptors (Lipinski definition) is 4. The number of nitro groups is 1. The van der Waals surface area contributed by atoms with Crippen molar-refractivity contribution in [2.75, 3.05) is 0 Å². The molecule has 0 saturated carbocycles. The number of hydrogen-bond donors (Lipinski definition) is 0.